The number of aryl methyl sites for hydroxylation is 1. The zero-order chi connectivity index (χ0) is 59.3. The number of sulfonamides is 1. The van der Waals surface area contributed by atoms with Crippen molar-refractivity contribution in [1.29, 1.82) is 0 Å². The van der Waals surface area contributed by atoms with Crippen LogP contribution in [0.5, 0.6) is 11.6 Å². The number of fused-ring (bicyclic) bond motifs is 3. The second kappa shape index (κ2) is 23.9. The second-order valence-electron chi connectivity index (χ2n) is 25.4. The highest BCUT2D eigenvalue weighted by molar-refractivity contribution is 7.90. The van der Waals surface area contributed by atoms with Gasteiger partial charge >= 0.3 is 0 Å². The summed E-state index contributed by atoms with van der Waals surface area (Å²) in [5, 5.41) is 26.9. The number of benzene rings is 3. The Morgan fingerprint density at radius 2 is 1.70 bits per heavy atom. The summed E-state index contributed by atoms with van der Waals surface area (Å²) in [5.41, 5.74) is 5.84. The zero-order valence-corrected chi connectivity index (χ0v) is 50.2. The molecule has 22 heteroatoms. The molecule has 6 fully saturated rings. The standard InChI is InChI=1S/C64H79N11O10S/c1-42-6-4-5-7-50(42)56-40-70(38-44-30-57(82-3)60(67-37-44)72-25-28-83-29-26-72)23-24-73(56)48-34-64(35-48)18-21-71(22-19-64)47-8-10-51(53(32-47)74-39-46-15-27-84-41-58(46)85-62-55(74)31-45-14-20-65-59(45)68-62)61(76)69-86(80,81)49-9-11-52(54(33-49)75(78)79)66-36-43-12-16-63(2,77)17-13-43/h4-11,14,20,30-33,37,43,46,48,56,58,66,77H,12-13,15-19,21-29,34-36,38-41H2,1-3H3,(H,65,68)(H,69,76)/t43?,46-,56+,58+,63?/m1/s1. The molecule has 1 amide bonds. The molecule has 86 heavy (non-hydrogen) atoms. The van der Waals surface area contributed by atoms with Crippen LogP contribution in [0.25, 0.3) is 11.0 Å². The molecule has 0 unspecified atom stereocenters. The Morgan fingerprint density at radius 1 is 0.895 bits per heavy atom. The number of hydrogen-bond acceptors (Lipinski definition) is 18. The number of carbonyl (C=O) groups excluding carboxylic acids is 1. The number of piperazine rings is 1. The minimum absolute atomic E-state index is 0.0189. The molecule has 2 aliphatic carbocycles. The molecule has 2 saturated carbocycles. The lowest BCUT2D eigenvalue weighted by Gasteiger charge is -2.58. The summed E-state index contributed by atoms with van der Waals surface area (Å²) in [6.45, 7) is 14.0. The maximum Gasteiger partial charge on any atom is 0.293 e. The number of carbonyl (C=O) groups is 1. The number of anilines is 5. The lowest BCUT2D eigenvalue weighted by molar-refractivity contribution is -0.384. The molecule has 7 aliphatic rings. The van der Waals surface area contributed by atoms with E-state index in [1.807, 2.05) is 43.6 Å². The minimum atomic E-state index is -4.64. The Labute approximate surface area is 502 Å². The third kappa shape index (κ3) is 11.9. The van der Waals surface area contributed by atoms with Crippen molar-refractivity contribution in [2.45, 2.75) is 107 Å². The fourth-order valence-corrected chi connectivity index (χ4v) is 15.6. The summed E-state index contributed by atoms with van der Waals surface area (Å²) < 4.78 is 55.0. The summed E-state index contributed by atoms with van der Waals surface area (Å²) in [7, 11) is -2.92. The molecule has 3 aromatic carbocycles. The Balaban J connectivity index is 0.738. The van der Waals surface area contributed by atoms with Gasteiger partial charge in [0.2, 0.25) is 5.88 Å². The average Bonchev–Trinajstić information content (AvgIpc) is 1.44. The molecule has 3 aromatic heterocycles. The van der Waals surface area contributed by atoms with Crippen molar-refractivity contribution in [3.05, 3.63) is 124 Å². The number of nitro groups is 1. The first-order valence-corrected chi connectivity index (χ1v) is 32.2. The number of pyridine rings is 2. The van der Waals surface area contributed by atoms with Crippen molar-refractivity contribution in [3.8, 4) is 11.6 Å². The van der Waals surface area contributed by atoms with Gasteiger partial charge in [0.1, 0.15) is 23.1 Å². The SMILES string of the molecule is COc1cc(CN2CCN(C3CC4(CCN(c5ccc(C(=O)NS(=O)(=O)c6ccc(NCC7CCC(C)(O)CC7)c([N+](=O)[O-])c6)c(N6C[C@H]7CCOC[C@@H]7Oc7nc8[nH]ccc8cc76)c5)CC4)C3)[C@H](c3ccccc3C)C2)cnc1N1CCOCC1. The van der Waals surface area contributed by atoms with Crippen molar-refractivity contribution in [2.75, 3.05) is 112 Å². The topological polar surface area (TPSA) is 233 Å². The molecule has 0 bridgehead atoms. The summed E-state index contributed by atoms with van der Waals surface area (Å²) in [6, 6.07) is 24.9. The molecule has 1 spiro atoms. The molecular weight excluding hydrogens is 1110 g/mol. The summed E-state index contributed by atoms with van der Waals surface area (Å²) in [4.78, 5) is 51.4. The van der Waals surface area contributed by atoms with E-state index in [-0.39, 0.29) is 40.6 Å². The number of hydrogen-bond donors (Lipinski definition) is 4. The van der Waals surface area contributed by atoms with Crippen molar-refractivity contribution in [3.63, 3.8) is 0 Å². The van der Waals surface area contributed by atoms with Crippen LogP contribution >= 0.6 is 0 Å². The summed E-state index contributed by atoms with van der Waals surface area (Å²) in [5.74, 6) is 1.33. The van der Waals surface area contributed by atoms with Gasteiger partial charge in [-0.25, -0.2) is 18.1 Å². The predicted octanol–water partition coefficient (Wildman–Crippen LogP) is 8.74. The van der Waals surface area contributed by atoms with Crippen LogP contribution < -0.4 is 34.2 Å². The van der Waals surface area contributed by atoms with E-state index in [9.17, 15) is 28.4 Å². The molecule has 6 aromatic rings. The zero-order valence-electron chi connectivity index (χ0n) is 49.4. The molecule has 4 saturated heterocycles. The Bertz CT molecular complexity index is 3590. The normalized spacial score (nSPS) is 24.7. The van der Waals surface area contributed by atoms with Crippen molar-refractivity contribution in [2.24, 2.45) is 17.3 Å². The Hall–Kier alpha value is -7.08. The van der Waals surface area contributed by atoms with Gasteiger partial charge in [0.25, 0.3) is 21.6 Å². The largest absolute Gasteiger partial charge is 0.493 e. The van der Waals surface area contributed by atoms with Crippen LogP contribution in [0.1, 0.15) is 97.8 Å². The number of morpholine rings is 1. The van der Waals surface area contributed by atoms with Crippen LogP contribution in [-0.4, -0.2) is 159 Å². The van der Waals surface area contributed by atoms with Gasteiger partial charge in [-0.05, 0) is 148 Å². The lowest BCUT2D eigenvalue weighted by atomic mass is 9.59. The monoisotopic (exact) mass is 1190 g/mol. The highest BCUT2D eigenvalue weighted by Gasteiger charge is 2.50. The van der Waals surface area contributed by atoms with Gasteiger partial charge in [-0.3, -0.25) is 24.7 Å². The van der Waals surface area contributed by atoms with Gasteiger partial charge in [-0.15, -0.1) is 0 Å². The maximum absolute atomic E-state index is 14.9. The average molecular weight is 1190 g/mol. The van der Waals surface area contributed by atoms with Crippen molar-refractivity contribution < 1.29 is 42.2 Å². The molecule has 4 N–H and O–H groups in total. The number of nitrogens with zero attached hydrogens (tertiary/aromatic N) is 8. The van der Waals surface area contributed by atoms with E-state index >= 15 is 0 Å². The third-order valence-corrected chi connectivity index (χ3v) is 21.1. The van der Waals surface area contributed by atoms with Gasteiger partial charge in [0.05, 0.1) is 53.6 Å². The fourth-order valence-electron chi connectivity index (χ4n) is 14.6. The number of nitrogens with one attached hydrogen (secondary N) is 3. The Kier molecular flexibility index (Phi) is 16.1. The third-order valence-electron chi connectivity index (χ3n) is 19.8. The van der Waals surface area contributed by atoms with Gasteiger partial charge in [0, 0.05) is 120 Å². The second-order valence-corrected chi connectivity index (χ2v) is 27.1. The molecule has 21 nitrogen and oxygen atoms in total. The quantitative estimate of drug-likeness (QED) is 0.0556. The maximum atomic E-state index is 14.9. The molecule has 5 aliphatic heterocycles. The van der Waals surface area contributed by atoms with E-state index in [4.69, 9.17) is 28.9 Å². The molecule has 0 radical (unpaired) electrons. The summed E-state index contributed by atoms with van der Waals surface area (Å²) in [6.07, 6.45) is 11.2. The number of amides is 1. The van der Waals surface area contributed by atoms with Gasteiger partial charge in [-0.1, -0.05) is 24.3 Å². The number of rotatable bonds is 15. The van der Waals surface area contributed by atoms with Crippen LogP contribution in [0.2, 0.25) is 0 Å². The van der Waals surface area contributed by atoms with E-state index in [0.29, 0.717) is 87.7 Å². The van der Waals surface area contributed by atoms with Crippen LogP contribution in [0.3, 0.4) is 0 Å². The van der Waals surface area contributed by atoms with E-state index in [1.165, 1.54) is 23.3 Å². The van der Waals surface area contributed by atoms with Gasteiger partial charge in [-0.2, -0.15) is 4.98 Å². The van der Waals surface area contributed by atoms with E-state index in [1.54, 1.807) is 13.2 Å². The fraction of sp³-hybridized carbons (Fsp3) is 0.516. The minimum Gasteiger partial charge on any atom is -0.493 e. The molecule has 3 atom stereocenters. The van der Waals surface area contributed by atoms with Crippen LogP contribution in [0.4, 0.5) is 34.3 Å². The van der Waals surface area contributed by atoms with Crippen molar-refractivity contribution in [1.82, 2.24) is 29.5 Å². The number of nitro benzene ring substituents is 1. The number of piperidine rings is 1. The molecular formula is C64H79N11O10S. The number of aromatic nitrogens is 3. The first-order valence-electron chi connectivity index (χ1n) is 30.7. The number of aromatic amines is 1. The lowest BCUT2D eigenvalue weighted by Crippen LogP contribution is -2.59. The van der Waals surface area contributed by atoms with Gasteiger partial charge in [0.15, 0.2) is 11.6 Å². The van der Waals surface area contributed by atoms with E-state index in [2.05, 4.69) is 76.8 Å². The highest BCUT2D eigenvalue weighted by atomic mass is 32.2. The number of aliphatic hydroxyl groups is 1. The first-order chi connectivity index (χ1) is 41.6. The van der Waals surface area contributed by atoms with Crippen LogP contribution in [0, 0.1) is 34.3 Å². The molecule has 8 heterocycles. The van der Waals surface area contributed by atoms with Crippen LogP contribution in [0.15, 0.2) is 96.2 Å². The molecule has 13 rings (SSSR count). The smallest absolute Gasteiger partial charge is 0.293 e. The number of H-pyrrole nitrogens is 1. The van der Waals surface area contributed by atoms with E-state index < -0.39 is 37.0 Å². The van der Waals surface area contributed by atoms with Gasteiger partial charge < -0.3 is 49.1 Å². The predicted molar refractivity (Wildman–Crippen MR) is 328 cm³/mol. The van der Waals surface area contributed by atoms with E-state index in [0.717, 1.165) is 125 Å². The first kappa shape index (κ1) is 58.0. The Morgan fingerprint density at radius 3 is 2.48 bits per heavy atom. The number of methoxy groups -OCH3 is 1. The van der Waals surface area contributed by atoms with Crippen LogP contribution in [-0.2, 0) is 26.0 Å². The summed E-state index contributed by atoms with van der Waals surface area (Å²) >= 11 is 0. The molecule has 456 valence electrons. The highest BCUT2D eigenvalue weighted by Crippen LogP contribution is 2.54. The van der Waals surface area contributed by atoms with Crippen molar-refractivity contribution >= 4 is 61.2 Å². The number of ether oxygens (including phenoxy) is 4.